The van der Waals surface area contributed by atoms with E-state index in [0.717, 1.165) is 58.9 Å². The quantitative estimate of drug-likeness (QED) is 0.238. The molecule has 4 rings (SSSR count). The van der Waals surface area contributed by atoms with Gasteiger partial charge in [-0.05, 0) is 86.8 Å². The maximum absolute atomic E-state index is 6.08. The molecule has 0 unspecified atom stereocenters. The first-order valence-electron chi connectivity index (χ1n) is 14.4. The SMILES string of the molecule is C\C=C/C=C\C(=C\CNCC1CCC(C)CC1)SC1=CC=C(Cl)C=CC1.Cc1nc(N(C)C)c2ccccc2n1. The highest BCUT2D eigenvalue weighted by molar-refractivity contribution is 8.06. The number of nitrogens with one attached hydrogen (secondary N) is 1. The van der Waals surface area contributed by atoms with E-state index in [4.69, 9.17) is 11.6 Å². The van der Waals surface area contributed by atoms with Crippen molar-refractivity contribution < 1.29 is 0 Å². The monoisotopic (exact) mass is 576 g/mol. The van der Waals surface area contributed by atoms with Crippen LogP contribution in [-0.2, 0) is 0 Å². The first kappa shape index (κ1) is 31.9. The molecule has 1 N–H and O–H groups in total. The fourth-order valence-electron chi connectivity index (χ4n) is 4.72. The van der Waals surface area contributed by atoms with Gasteiger partial charge in [0.1, 0.15) is 11.6 Å². The van der Waals surface area contributed by atoms with E-state index in [1.807, 2.05) is 81.0 Å². The van der Waals surface area contributed by atoms with Gasteiger partial charge in [0.15, 0.2) is 0 Å². The molecule has 40 heavy (non-hydrogen) atoms. The van der Waals surface area contributed by atoms with Crippen LogP contribution in [0.2, 0.25) is 0 Å². The molecule has 0 radical (unpaired) electrons. The average Bonchev–Trinajstić information content (AvgIpc) is 3.15. The molecule has 2 aliphatic rings. The maximum Gasteiger partial charge on any atom is 0.139 e. The van der Waals surface area contributed by atoms with E-state index in [0.29, 0.717) is 0 Å². The minimum absolute atomic E-state index is 0.791. The Morgan fingerprint density at radius 2 is 1.88 bits per heavy atom. The lowest BCUT2D eigenvalue weighted by atomic mass is 9.83. The third-order valence-electron chi connectivity index (χ3n) is 6.97. The summed E-state index contributed by atoms with van der Waals surface area (Å²) in [5, 5.41) is 5.53. The lowest BCUT2D eigenvalue weighted by Gasteiger charge is -2.26. The summed E-state index contributed by atoms with van der Waals surface area (Å²) in [7, 11) is 3.99. The Labute approximate surface area is 251 Å². The lowest BCUT2D eigenvalue weighted by molar-refractivity contribution is 0.284. The Balaban J connectivity index is 0.000000263. The van der Waals surface area contributed by atoms with Gasteiger partial charge < -0.3 is 10.2 Å². The Morgan fingerprint density at radius 1 is 1.10 bits per heavy atom. The van der Waals surface area contributed by atoms with Gasteiger partial charge in [-0.15, -0.1) is 0 Å². The van der Waals surface area contributed by atoms with E-state index in [-0.39, 0.29) is 0 Å². The number of aromatic nitrogens is 2. The van der Waals surface area contributed by atoms with Gasteiger partial charge in [-0.25, -0.2) is 9.97 Å². The van der Waals surface area contributed by atoms with Crippen LogP contribution in [0.25, 0.3) is 10.9 Å². The van der Waals surface area contributed by atoms with Crippen molar-refractivity contribution in [1.29, 1.82) is 0 Å². The average molecular weight is 577 g/mol. The predicted octanol–water partition coefficient (Wildman–Crippen LogP) is 9.12. The van der Waals surface area contributed by atoms with E-state index in [2.05, 4.69) is 64.7 Å². The molecular formula is C34H45ClN4S. The molecule has 0 bridgehead atoms. The molecule has 1 heterocycles. The smallest absolute Gasteiger partial charge is 0.139 e. The number of halogens is 1. The summed E-state index contributed by atoms with van der Waals surface area (Å²) in [6.45, 7) is 8.41. The van der Waals surface area contributed by atoms with Crippen LogP contribution in [0.5, 0.6) is 0 Å². The number of thioether (sulfide) groups is 1. The lowest BCUT2D eigenvalue weighted by Crippen LogP contribution is -2.26. The Kier molecular flexibility index (Phi) is 13.8. The summed E-state index contributed by atoms with van der Waals surface area (Å²) in [6.07, 6.45) is 25.4. The fourth-order valence-corrected chi connectivity index (χ4v) is 5.81. The normalized spacial score (nSPS) is 19.8. The maximum atomic E-state index is 6.08. The van der Waals surface area contributed by atoms with Gasteiger partial charge in [0.2, 0.25) is 0 Å². The molecule has 4 nitrogen and oxygen atoms in total. The molecule has 2 aliphatic carbocycles. The number of nitrogens with zero attached hydrogens (tertiary/aromatic N) is 3. The molecule has 2 aromatic rings. The molecule has 0 amide bonds. The molecular weight excluding hydrogens is 532 g/mol. The summed E-state index contributed by atoms with van der Waals surface area (Å²) < 4.78 is 0. The highest BCUT2D eigenvalue weighted by atomic mass is 35.5. The zero-order chi connectivity index (χ0) is 28.7. The zero-order valence-electron chi connectivity index (χ0n) is 24.7. The summed E-state index contributed by atoms with van der Waals surface area (Å²) in [6, 6.07) is 8.06. The molecule has 0 spiro atoms. The molecule has 1 saturated carbocycles. The molecule has 0 saturated heterocycles. The largest absolute Gasteiger partial charge is 0.362 e. The van der Waals surface area contributed by atoms with E-state index in [9.17, 15) is 0 Å². The van der Waals surface area contributed by atoms with E-state index in [1.165, 1.54) is 35.5 Å². The number of fused-ring (bicyclic) bond motifs is 1. The fraction of sp³-hybridized carbons (Fsp3) is 0.412. The van der Waals surface area contributed by atoms with Crippen molar-refractivity contribution in [3.05, 3.63) is 99.6 Å². The van der Waals surface area contributed by atoms with Crippen molar-refractivity contribution in [1.82, 2.24) is 15.3 Å². The standard InChI is InChI=1S/C23H32ClNS.C11H13N3/c1-3-4-5-8-23(26-22-9-6-7-21(24)14-15-22)16-17-25-18-20-12-10-19(2)11-13-20;1-8-12-10-7-5-4-6-9(10)11(13-8)14(2)3/h3-8,14-16,19-20,25H,9-13,17-18H2,1-2H3;4-7H,1-3H3/b4-3-,8-5-,23-16-;. The minimum atomic E-state index is 0.791. The third kappa shape index (κ3) is 11.1. The second-order valence-electron chi connectivity index (χ2n) is 10.7. The Bertz CT molecular complexity index is 1260. The van der Waals surface area contributed by atoms with E-state index >= 15 is 0 Å². The Morgan fingerprint density at radius 3 is 2.62 bits per heavy atom. The van der Waals surface area contributed by atoms with Crippen LogP contribution in [0.15, 0.2) is 93.8 Å². The second kappa shape index (κ2) is 17.3. The van der Waals surface area contributed by atoms with Crippen LogP contribution in [0.3, 0.4) is 0 Å². The van der Waals surface area contributed by atoms with Gasteiger partial charge >= 0.3 is 0 Å². The molecule has 1 fully saturated rings. The predicted molar refractivity (Wildman–Crippen MR) is 178 cm³/mol. The number of rotatable bonds is 9. The zero-order valence-corrected chi connectivity index (χ0v) is 26.3. The van der Waals surface area contributed by atoms with Crippen molar-refractivity contribution in [2.45, 2.75) is 52.9 Å². The van der Waals surface area contributed by atoms with Crippen LogP contribution in [0.4, 0.5) is 5.82 Å². The second-order valence-corrected chi connectivity index (χ2v) is 12.3. The van der Waals surface area contributed by atoms with Crippen molar-refractivity contribution in [2.75, 3.05) is 32.1 Å². The number of anilines is 1. The molecule has 0 atom stereocenters. The first-order valence-corrected chi connectivity index (χ1v) is 15.6. The summed E-state index contributed by atoms with van der Waals surface area (Å²) >= 11 is 7.91. The minimum Gasteiger partial charge on any atom is -0.362 e. The van der Waals surface area contributed by atoms with Gasteiger partial charge in [0.05, 0.1) is 5.52 Å². The number of benzene rings is 1. The van der Waals surface area contributed by atoms with Crippen molar-refractivity contribution in [3.8, 4) is 0 Å². The highest BCUT2D eigenvalue weighted by Crippen LogP contribution is 2.31. The highest BCUT2D eigenvalue weighted by Gasteiger charge is 2.17. The Hall–Kier alpha value is -2.60. The van der Waals surface area contributed by atoms with E-state index in [1.54, 1.807) is 0 Å². The summed E-state index contributed by atoms with van der Waals surface area (Å²) in [5.74, 6) is 3.58. The van der Waals surface area contributed by atoms with Gasteiger partial charge in [0, 0.05) is 36.0 Å². The van der Waals surface area contributed by atoms with Crippen LogP contribution in [0.1, 0.15) is 51.8 Å². The van der Waals surface area contributed by atoms with Crippen LogP contribution in [0, 0.1) is 18.8 Å². The van der Waals surface area contributed by atoms with Gasteiger partial charge in [-0.3, -0.25) is 0 Å². The summed E-state index contributed by atoms with van der Waals surface area (Å²) in [5.41, 5.74) is 1.00. The van der Waals surface area contributed by atoms with Crippen molar-refractivity contribution in [3.63, 3.8) is 0 Å². The molecule has 6 heteroatoms. The number of hydrogen-bond donors (Lipinski definition) is 1. The van der Waals surface area contributed by atoms with Crippen LogP contribution >= 0.6 is 23.4 Å². The van der Waals surface area contributed by atoms with Gasteiger partial charge in [0.25, 0.3) is 0 Å². The van der Waals surface area contributed by atoms with E-state index < -0.39 is 0 Å². The topological polar surface area (TPSA) is 41.1 Å². The van der Waals surface area contributed by atoms with Crippen LogP contribution in [-0.4, -0.2) is 37.2 Å². The number of allylic oxidation sites excluding steroid dienone is 10. The number of hydrogen-bond acceptors (Lipinski definition) is 5. The molecule has 214 valence electrons. The number of aryl methyl sites for hydroxylation is 1. The summed E-state index contributed by atoms with van der Waals surface area (Å²) in [4.78, 5) is 13.4. The first-order chi connectivity index (χ1) is 19.4. The van der Waals surface area contributed by atoms with Crippen LogP contribution < -0.4 is 10.2 Å². The third-order valence-corrected chi connectivity index (χ3v) is 8.33. The molecule has 1 aromatic carbocycles. The number of para-hydroxylation sites is 1. The van der Waals surface area contributed by atoms with Crippen molar-refractivity contribution in [2.24, 2.45) is 11.8 Å². The molecule has 1 aromatic heterocycles. The van der Waals surface area contributed by atoms with Crippen molar-refractivity contribution >= 4 is 40.1 Å². The van der Waals surface area contributed by atoms with Gasteiger partial charge in [-0.2, -0.15) is 0 Å². The van der Waals surface area contributed by atoms with Gasteiger partial charge in [-0.1, -0.05) is 91.7 Å². The molecule has 0 aliphatic heterocycles.